The second-order valence-electron chi connectivity index (χ2n) is 6.60. The van der Waals surface area contributed by atoms with E-state index in [2.05, 4.69) is 31.9 Å². The molecule has 2 saturated heterocycles. The third kappa shape index (κ3) is 2.86. The second-order valence-corrected chi connectivity index (χ2v) is 6.60. The number of benzene rings is 1. The van der Waals surface area contributed by atoms with Crippen LogP contribution >= 0.6 is 0 Å². The molecule has 0 spiro atoms. The number of hydrogen-bond donors (Lipinski definition) is 0. The van der Waals surface area contributed by atoms with Gasteiger partial charge in [0.2, 0.25) is 5.95 Å². The largest absolute Gasteiger partial charge is 0.494 e. The van der Waals surface area contributed by atoms with Crippen LogP contribution in [0.3, 0.4) is 0 Å². The molecular weight excluding hydrogens is 314 g/mol. The fraction of sp³-hybridized carbons (Fsp3) is 0.421. The summed E-state index contributed by atoms with van der Waals surface area (Å²) in [5.41, 5.74) is 1.80. The number of rotatable bonds is 3. The van der Waals surface area contributed by atoms with Gasteiger partial charge in [0.05, 0.1) is 30.8 Å². The Balaban J connectivity index is 1.57. The Kier molecular flexibility index (Phi) is 4.14. The fourth-order valence-electron chi connectivity index (χ4n) is 4.02. The van der Waals surface area contributed by atoms with Gasteiger partial charge in [-0.2, -0.15) is 5.26 Å². The first-order valence-electron chi connectivity index (χ1n) is 8.67. The lowest BCUT2D eigenvalue weighted by Gasteiger charge is -2.39. The third-order valence-corrected chi connectivity index (χ3v) is 5.33. The van der Waals surface area contributed by atoms with Crippen LogP contribution in [-0.4, -0.2) is 42.8 Å². The van der Waals surface area contributed by atoms with Crippen molar-refractivity contribution in [2.24, 2.45) is 5.92 Å². The van der Waals surface area contributed by atoms with Gasteiger partial charge in [-0.3, -0.25) is 0 Å². The maximum absolute atomic E-state index is 9.44. The van der Waals surface area contributed by atoms with Crippen LogP contribution in [-0.2, 0) is 0 Å². The van der Waals surface area contributed by atoms with Crippen LogP contribution in [0.5, 0.6) is 5.75 Å². The van der Waals surface area contributed by atoms with Gasteiger partial charge in [0.15, 0.2) is 5.75 Å². The van der Waals surface area contributed by atoms with Gasteiger partial charge in [-0.05, 0) is 30.9 Å². The number of nitrogens with zero attached hydrogens (tertiary/aromatic N) is 5. The minimum atomic E-state index is 0.397. The number of ether oxygens (including phenoxy) is 1. The molecule has 0 radical (unpaired) electrons. The standard InChI is InChI=1S/C19H21N5O/c1-25-16-11-21-19(22-12-16)23-8-6-14-7-9-24(18(14)13-23)17-5-3-2-4-15(17)10-20/h2-5,11-12,14,18H,6-9,13H2,1H3. The van der Waals surface area contributed by atoms with Gasteiger partial charge in [-0.1, -0.05) is 12.1 Å². The summed E-state index contributed by atoms with van der Waals surface area (Å²) in [6.45, 7) is 2.86. The van der Waals surface area contributed by atoms with Crippen molar-refractivity contribution in [3.05, 3.63) is 42.2 Å². The lowest BCUT2D eigenvalue weighted by molar-refractivity contribution is 0.385. The number of methoxy groups -OCH3 is 1. The molecule has 6 heteroatoms. The number of para-hydroxylation sites is 1. The van der Waals surface area contributed by atoms with Gasteiger partial charge in [0.1, 0.15) is 6.07 Å². The van der Waals surface area contributed by atoms with Crippen molar-refractivity contribution >= 4 is 11.6 Å². The third-order valence-electron chi connectivity index (χ3n) is 5.33. The Morgan fingerprint density at radius 3 is 2.68 bits per heavy atom. The first-order chi connectivity index (χ1) is 12.3. The highest BCUT2D eigenvalue weighted by Gasteiger charge is 2.39. The van der Waals surface area contributed by atoms with Crippen molar-refractivity contribution in [1.29, 1.82) is 5.26 Å². The molecule has 0 bridgehead atoms. The van der Waals surface area contributed by atoms with Gasteiger partial charge >= 0.3 is 0 Å². The zero-order chi connectivity index (χ0) is 17.2. The smallest absolute Gasteiger partial charge is 0.225 e. The van der Waals surface area contributed by atoms with E-state index in [0.29, 0.717) is 17.7 Å². The highest BCUT2D eigenvalue weighted by atomic mass is 16.5. The summed E-state index contributed by atoms with van der Waals surface area (Å²) in [5.74, 6) is 2.09. The van der Waals surface area contributed by atoms with E-state index in [1.807, 2.05) is 18.2 Å². The van der Waals surface area contributed by atoms with Crippen molar-refractivity contribution in [1.82, 2.24) is 9.97 Å². The molecule has 0 aliphatic carbocycles. The van der Waals surface area contributed by atoms with E-state index in [0.717, 1.165) is 43.3 Å². The Hall–Kier alpha value is -2.81. The topological polar surface area (TPSA) is 65.3 Å². The van der Waals surface area contributed by atoms with Crippen molar-refractivity contribution in [3.8, 4) is 11.8 Å². The Bertz CT molecular complexity index is 785. The molecule has 1 aromatic heterocycles. The van der Waals surface area contributed by atoms with E-state index in [1.165, 1.54) is 6.42 Å². The highest BCUT2D eigenvalue weighted by Crippen LogP contribution is 2.37. The Morgan fingerprint density at radius 1 is 1.16 bits per heavy atom. The quantitative estimate of drug-likeness (QED) is 0.858. The van der Waals surface area contributed by atoms with Crippen LogP contribution in [0.25, 0.3) is 0 Å². The lowest BCUT2D eigenvalue weighted by Crippen LogP contribution is -2.49. The summed E-state index contributed by atoms with van der Waals surface area (Å²) in [6.07, 6.45) is 5.74. The molecule has 25 heavy (non-hydrogen) atoms. The molecule has 2 aromatic rings. The van der Waals surface area contributed by atoms with E-state index < -0.39 is 0 Å². The van der Waals surface area contributed by atoms with Crippen LogP contribution in [0, 0.1) is 17.2 Å². The average molecular weight is 335 g/mol. The minimum absolute atomic E-state index is 0.397. The summed E-state index contributed by atoms with van der Waals surface area (Å²) in [6, 6.07) is 10.6. The molecule has 1 aromatic carbocycles. The number of anilines is 2. The number of hydrogen-bond acceptors (Lipinski definition) is 6. The highest BCUT2D eigenvalue weighted by molar-refractivity contribution is 5.61. The summed E-state index contributed by atoms with van der Waals surface area (Å²) >= 11 is 0. The molecule has 2 atom stereocenters. The van der Waals surface area contributed by atoms with Crippen molar-refractivity contribution in [3.63, 3.8) is 0 Å². The molecule has 2 aliphatic rings. The van der Waals surface area contributed by atoms with E-state index in [4.69, 9.17) is 4.74 Å². The van der Waals surface area contributed by atoms with Gasteiger partial charge in [-0.25, -0.2) is 9.97 Å². The summed E-state index contributed by atoms with van der Waals surface area (Å²) < 4.78 is 5.14. The van der Waals surface area contributed by atoms with Gasteiger partial charge < -0.3 is 14.5 Å². The first kappa shape index (κ1) is 15.7. The molecule has 2 fully saturated rings. The predicted octanol–water partition coefficient (Wildman–Crippen LogP) is 2.46. The predicted molar refractivity (Wildman–Crippen MR) is 95.8 cm³/mol. The molecule has 6 nitrogen and oxygen atoms in total. The molecule has 0 amide bonds. The van der Waals surface area contributed by atoms with Crippen molar-refractivity contribution in [2.45, 2.75) is 18.9 Å². The van der Waals surface area contributed by atoms with Gasteiger partial charge in [-0.15, -0.1) is 0 Å². The van der Waals surface area contributed by atoms with Crippen LogP contribution in [0.2, 0.25) is 0 Å². The van der Waals surface area contributed by atoms with E-state index in [1.54, 1.807) is 19.5 Å². The summed E-state index contributed by atoms with van der Waals surface area (Å²) in [5, 5.41) is 9.44. The lowest BCUT2D eigenvalue weighted by atomic mass is 9.92. The maximum Gasteiger partial charge on any atom is 0.225 e. The Labute approximate surface area is 147 Å². The molecule has 3 heterocycles. The van der Waals surface area contributed by atoms with Crippen LogP contribution in [0.15, 0.2) is 36.7 Å². The molecule has 2 unspecified atom stereocenters. The second kappa shape index (κ2) is 6.60. The number of piperidine rings is 1. The molecule has 0 N–H and O–H groups in total. The summed E-state index contributed by atoms with van der Waals surface area (Å²) in [4.78, 5) is 13.5. The van der Waals surface area contributed by atoms with Crippen LogP contribution < -0.4 is 14.5 Å². The number of nitriles is 1. The van der Waals surface area contributed by atoms with Crippen LogP contribution in [0.4, 0.5) is 11.6 Å². The van der Waals surface area contributed by atoms with E-state index in [9.17, 15) is 5.26 Å². The molecular formula is C19H21N5O. The number of aromatic nitrogens is 2. The number of fused-ring (bicyclic) bond motifs is 1. The zero-order valence-electron chi connectivity index (χ0n) is 14.3. The van der Waals surface area contributed by atoms with E-state index in [-0.39, 0.29) is 0 Å². The monoisotopic (exact) mass is 335 g/mol. The van der Waals surface area contributed by atoms with Crippen LogP contribution in [0.1, 0.15) is 18.4 Å². The van der Waals surface area contributed by atoms with E-state index >= 15 is 0 Å². The van der Waals surface area contributed by atoms with Gasteiger partial charge in [0, 0.05) is 25.7 Å². The molecule has 2 aliphatic heterocycles. The molecule has 4 rings (SSSR count). The average Bonchev–Trinajstić information content (AvgIpc) is 3.11. The minimum Gasteiger partial charge on any atom is -0.494 e. The van der Waals surface area contributed by atoms with Crippen molar-refractivity contribution in [2.75, 3.05) is 36.5 Å². The Morgan fingerprint density at radius 2 is 1.92 bits per heavy atom. The SMILES string of the molecule is COc1cnc(N2CCC3CCN(c4ccccc4C#N)C3C2)nc1. The zero-order valence-corrected chi connectivity index (χ0v) is 14.3. The summed E-state index contributed by atoms with van der Waals surface area (Å²) in [7, 11) is 1.62. The fourth-order valence-corrected chi connectivity index (χ4v) is 4.02. The first-order valence-corrected chi connectivity index (χ1v) is 8.67. The maximum atomic E-state index is 9.44. The molecule has 128 valence electrons. The molecule has 0 saturated carbocycles. The van der Waals surface area contributed by atoms with Crippen molar-refractivity contribution < 1.29 is 4.74 Å². The normalized spacial score (nSPS) is 22.4. The van der Waals surface area contributed by atoms with Gasteiger partial charge in [0.25, 0.3) is 0 Å².